The smallest absolute Gasteiger partial charge is 0.310 e. The molecule has 144 valence electrons. The molecule has 0 spiro atoms. The molecular formula is C23H28ClNO2. The van der Waals surface area contributed by atoms with E-state index in [9.17, 15) is 4.79 Å². The molecule has 0 aromatic heterocycles. The van der Waals surface area contributed by atoms with E-state index < -0.39 is 0 Å². The van der Waals surface area contributed by atoms with Crippen LogP contribution in [0.3, 0.4) is 0 Å². The SMILES string of the molecule is COC(=O)C1CN(CCCCc2ccccc2)CCC1c1ccc(Cl)cc1. The first-order valence-electron chi connectivity index (χ1n) is 9.77. The topological polar surface area (TPSA) is 29.5 Å². The highest BCUT2D eigenvalue weighted by Crippen LogP contribution is 2.34. The Morgan fingerprint density at radius 1 is 1.11 bits per heavy atom. The third-order valence-corrected chi connectivity index (χ3v) is 5.78. The molecule has 4 heteroatoms. The fourth-order valence-electron chi connectivity index (χ4n) is 4.03. The molecule has 1 fully saturated rings. The zero-order chi connectivity index (χ0) is 19.1. The van der Waals surface area contributed by atoms with Crippen molar-refractivity contribution in [3.63, 3.8) is 0 Å². The van der Waals surface area contributed by atoms with Crippen LogP contribution < -0.4 is 0 Å². The quantitative estimate of drug-likeness (QED) is 0.499. The molecule has 3 nitrogen and oxygen atoms in total. The average Bonchev–Trinajstić information content (AvgIpc) is 2.72. The first kappa shape index (κ1) is 19.9. The Hall–Kier alpha value is -1.84. The number of hydrogen-bond acceptors (Lipinski definition) is 3. The lowest BCUT2D eigenvalue weighted by molar-refractivity contribution is -0.148. The third-order valence-electron chi connectivity index (χ3n) is 5.53. The van der Waals surface area contributed by atoms with Gasteiger partial charge < -0.3 is 9.64 Å². The van der Waals surface area contributed by atoms with Gasteiger partial charge in [-0.25, -0.2) is 0 Å². The maximum Gasteiger partial charge on any atom is 0.310 e. The second-order valence-corrected chi connectivity index (χ2v) is 7.76. The number of halogens is 1. The Balaban J connectivity index is 1.54. The molecular weight excluding hydrogens is 358 g/mol. The second kappa shape index (κ2) is 9.91. The lowest BCUT2D eigenvalue weighted by Crippen LogP contribution is -2.43. The van der Waals surface area contributed by atoms with Crippen molar-refractivity contribution in [2.75, 3.05) is 26.7 Å². The van der Waals surface area contributed by atoms with Gasteiger partial charge in [0.1, 0.15) is 0 Å². The number of piperidine rings is 1. The van der Waals surface area contributed by atoms with Crippen molar-refractivity contribution in [2.24, 2.45) is 5.92 Å². The summed E-state index contributed by atoms with van der Waals surface area (Å²) in [6.45, 7) is 2.82. The molecule has 0 bridgehead atoms. The molecule has 0 aliphatic carbocycles. The summed E-state index contributed by atoms with van der Waals surface area (Å²) < 4.78 is 5.11. The lowest BCUT2D eigenvalue weighted by atomic mass is 9.80. The van der Waals surface area contributed by atoms with E-state index in [1.807, 2.05) is 24.3 Å². The van der Waals surface area contributed by atoms with Crippen LogP contribution in [0.4, 0.5) is 0 Å². The standard InChI is InChI=1S/C23H28ClNO2/c1-27-23(26)22-17-25(15-6-5-9-18-7-3-2-4-8-18)16-14-21(22)19-10-12-20(24)13-11-19/h2-4,7-8,10-13,21-22H,5-6,9,14-17H2,1H3. The molecule has 0 saturated carbocycles. The van der Waals surface area contributed by atoms with Crippen LogP contribution in [0.15, 0.2) is 54.6 Å². The molecule has 3 rings (SSSR count). The predicted molar refractivity (Wildman–Crippen MR) is 110 cm³/mol. The van der Waals surface area contributed by atoms with Crippen LogP contribution >= 0.6 is 11.6 Å². The largest absolute Gasteiger partial charge is 0.469 e. The van der Waals surface area contributed by atoms with Gasteiger partial charge >= 0.3 is 5.97 Å². The van der Waals surface area contributed by atoms with Crippen molar-refractivity contribution >= 4 is 17.6 Å². The second-order valence-electron chi connectivity index (χ2n) is 7.32. The number of ether oxygens (including phenoxy) is 1. The van der Waals surface area contributed by atoms with Gasteiger partial charge in [-0.05, 0) is 68.0 Å². The summed E-state index contributed by atoms with van der Waals surface area (Å²) in [7, 11) is 1.49. The van der Waals surface area contributed by atoms with Crippen LogP contribution in [0.1, 0.15) is 36.3 Å². The van der Waals surface area contributed by atoms with Crippen molar-refractivity contribution in [1.82, 2.24) is 4.90 Å². The predicted octanol–water partition coefficient (Wildman–Crippen LogP) is 4.94. The van der Waals surface area contributed by atoms with E-state index in [0.717, 1.165) is 43.9 Å². The number of nitrogens with zero attached hydrogens (tertiary/aromatic N) is 1. The number of aryl methyl sites for hydroxylation is 1. The maximum atomic E-state index is 12.4. The van der Waals surface area contributed by atoms with E-state index in [-0.39, 0.29) is 17.8 Å². The van der Waals surface area contributed by atoms with Gasteiger partial charge in [-0.2, -0.15) is 0 Å². The number of rotatable bonds is 7. The van der Waals surface area contributed by atoms with Gasteiger partial charge in [0.05, 0.1) is 13.0 Å². The van der Waals surface area contributed by atoms with E-state index >= 15 is 0 Å². The molecule has 1 saturated heterocycles. The zero-order valence-electron chi connectivity index (χ0n) is 15.9. The van der Waals surface area contributed by atoms with Gasteiger partial charge in [0.2, 0.25) is 0 Å². The van der Waals surface area contributed by atoms with Gasteiger partial charge in [-0.3, -0.25) is 4.79 Å². The monoisotopic (exact) mass is 385 g/mol. The number of unbranched alkanes of at least 4 members (excludes halogenated alkanes) is 1. The van der Waals surface area contributed by atoms with Crippen molar-refractivity contribution in [3.8, 4) is 0 Å². The van der Waals surface area contributed by atoms with Crippen molar-refractivity contribution in [3.05, 3.63) is 70.7 Å². The number of esters is 1. The summed E-state index contributed by atoms with van der Waals surface area (Å²) in [5.41, 5.74) is 2.57. The number of hydrogen-bond donors (Lipinski definition) is 0. The van der Waals surface area contributed by atoms with Crippen LogP contribution in [0.25, 0.3) is 0 Å². The van der Waals surface area contributed by atoms with Crippen LogP contribution in [0.5, 0.6) is 0 Å². The highest BCUT2D eigenvalue weighted by Gasteiger charge is 2.35. The summed E-state index contributed by atoms with van der Waals surface area (Å²) in [5, 5.41) is 0.726. The Kier molecular flexibility index (Phi) is 7.31. The minimum Gasteiger partial charge on any atom is -0.469 e. The van der Waals surface area contributed by atoms with Crippen molar-refractivity contribution in [1.29, 1.82) is 0 Å². The molecule has 2 atom stereocenters. The first-order chi connectivity index (χ1) is 13.2. The summed E-state index contributed by atoms with van der Waals surface area (Å²) in [5.74, 6) is -0.0155. The van der Waals surface area contributed by atoms with Gasteiger partial charge in [-0.15, -0.1) is 0 Å². The molecule has 1 heterocycles. The lowest BCUT2D eigenvalue weighted by Gasteiger charge is -2.37. The minimum atomic E-state index is -0.112. The Morgan fingerprint density at radius 2 is 1.85 bits per heavy atom. The van der Waals surface area contributed by atoms with E-state index in [4.69, 9.17) is 16.3 Å². The third kappa shape index (κ3) is 5.57. The van der Waals surface area contributed by atoms with Crippen molar-refractivity contribution < 1.29 is 9.53 Å². The highest BCUT2D eigenvalue weighted by molar-refractivity contribution is 6.30. The average molecular weight is 386 g/mol. The van der Waals surface area contributed by atoms with E-state index in [1.165, 1.54) is 24.7 Å². The van der Waals surface area contributed by atoms with Crippen LogP contribution in [-0.2, 0) is 16.0 Å². The molecule has 1 aliphatic rings. The van der Waals surface area contributed by atoms with Gasteiger partial charge in [0.15, 0.2) is 0 Å². The van der Waals surface area contributed by atoms with E-state index in [2.05, 4.69) is 35.2 Å². The van der Waals surface area contributed by atoms with Crippen LogP contribution in [0, 0.1) is 5.92 Å². The van der Waals surface area contributed by atoms with Gasteiger partial charge in [0, 0.05) is 11.6 Å². The molecule has 0 N–H and O–H groups in total. The maximum absolute atomic E-state index is 12.4. The first-order valence-corrected chi connectivity index (χ1v) is 10.1. The summed E-state index contributed by atoms with van der Waals surface area (Å²) in [6, 6.07) is 18.5. The van der Waals surface area contributed by atoms with Gasteiger partial charge in [-0.1, -0.05) is 54.1 Å². The van der Waals surface area contributed by atoms with Crippen LogP contribution in [-0.4, -0.2) is 37.6 Å². The number of likely N-dealkylation sites (tertiary alicyclic amines) is 1. The Bertz CT molecular complexity index is 717. The highest BCUT2D eigenvalue weighted by atomic mass is 35.5. The summed E-state index contributed by atoms with van der Waals surface area (Å²) >= 11 is 6.02. The summed E-state index contributed by atoms with van der Waals surface area (Å²) in [4.78, 5) is 14.8. The minimum absolute atomic E-state index is 0.107. The Morgan fingerprint density at radius 3 is 2.56 bits per heavy atom. The van der Waals surface area contributed by atoms with E-state index in [1.54, 1.807) is 0 Å². The molecule has 2 aromatic rings. The number of benzene rings is 2. The molecule has 2 aromatic carbocycles. The molecule has 27 heavy (non-hydrogen) atoms. The van der Waals surface area contributed by atoms with Crippen molar-refractivity contribution in [2.45, 2.75) is 31.6 Å². The number of carbonyl (C=O) groups excluding carboxylic acids is 1. The number of carbonyl (C=O) groups is 1. The number of methoxy groups -OCH3 is 1. The summed E-state index contributed by atoms with van der Waals surface area (Å²) in [6.07, 6.45) is 4.40. The normalized spacial score (nSPS) is 20.4. The molecule has 0 amide bonds. The fraction of sp³-hybridized carbons (Fsp3) is 0.435. The molecule has 2 unspecified atom stereocenters. The fourth-order valence-corrected chi connectivity index (χ4v) is 4.16. The van der Waals surface area contributed by atoms with Crippen LogP contribution in [0.2, 0.25) is 5.02 Å². The molecule has 1 aliphatic heterocycles. The zero-order valence-corrected chi connectivity index (χ0v) is 16.7. The van der Waals surface area contributed by atoms with E-state index in [0.29, 0.717) is 0 Å². The molecule has 0 radical (unpaired) electrons. The van der Waals surface area contributed by atoms with Gasteiger partial charge in [0.25, 0.3) is 0 Å². The Labute approximate surface area is 167 Å².